The van der Waals surface area contributed by atoms with Gasteiger partial charge in [0.05, 0.1) is 5.69 Å². The van der Waals surface area contributed by atoms with Crippen molar-refractivity contribution in [3.8, 4) is 0 Å². The molecule has 0 radical (unpaired) electrons. The van der Waals surface area contributed by atoms with Gasteiger partial charge in [0.15, 0.2) is 0 Å². The van der Waals surface area contributed by atoms with E-state index >= 15 is 0 Å². The first-order valence-electron chi connectivity index (χ1n) is 3.03. The molecular formula is C7H10N2S. The Kier molecular flexibility index (Phi) is 2.57. The number of aromatic nitrogens is 1. The Labute approximate surface area is 64.8 Å². The summed E-state index contributed by atoms with van der Waals surface area (Å²) in [5.74, 6) is 0. The van der Waals surface area contributed by atoms with E-state index in [1.807, 2.05) is 24.6 Å². The van der Waals surface area contributed by atoms with Gasteiger partial charge in [-0.1, -0.05) is 0 Å². The first-order chi connectivity index (χ1) is 4.88. The van der Waals surface area contributed by atoms with Gasteiger partial charge in [0.1, 0.15) is 5.04 Å². The van der Waals surface area contributed by atoms with Gasteiger partial charge in [0.25, 0.3) is 0 Å². The van der Waals surface area contributed by atoms with Gasteiger partial charge >= 0.3 is 0 Å². The molecule has 0 saturated carbocycles. The molecule has 0 aliphatic rings. The van der Waals surface area contributed by atoms with Crippen molar-refractivity contribution < 1.29 is 0 Å². The normalized spacial score (nSPS) is 12.0. The molecule has 0 bridgehead atoms. The quantitative estimate of drug-likeness (QED) is 0.484. The number of thioether (sulfide) groups is 1. The van der Waals surface area contributed by atoms with Gasteiger partial charge in [-0.2, -0.15) is 0 Å². The molecule has 0 saturated heterocycles. The van der Waals surface area contributed by atoms with Crippen LogP contribution < -0.4 is 0 Å². The number of H-pyrrole nitrogens is 1. The number of nitrogens with one attached hydrogen (secondary N) is 1. The molecule has 54 valence electrons. The van der Waals surface area contributed by atoms with Gasteiger partial charge < -0.3 is 4.98 Å². The minimum atomic E-state index is 1.05. The second kappa shape index (κ2) is 3.46. The van der Waals surface area contributed by atoms with Crippen LogP contribution in [0.25, 0.3) is 0 Å². The average molecular weight is 154 g/mol. The van der Waals surface area contributed by atoms with Gasteiger partial charge in [-0.25, -0.2) is 0 Å². The zero-order valence-electron chi connectivity index (χ0n) is 6.09. The highest BCUT2D eigenvalue weighted by Gasteiger charge is 1.98. The first kappa shape index (κ1) is 7.41. The van der Waals surface area contributed by atoms with Crippen molar-refractivity contribution in [2.75, 3.05) is 13.3 Å². The average Bonchev–Trinajstić information content (AvgIpc) is 2.43. The fourth-order valence-electron chi connectivity index (χ4n) is 0.785. The largest absolute Gasteiger partial charge is 0.360 e. The maximum absolute atomic E-state index is 4.10. The van der Waals surface area contributed by atoms with Crippen molar-refractivity contribution in [1.29, 1.82) is 0 Å². The molecule has 10 heavy (non-hydrogen) atoms. The highest BCUT2D eigenvalue weighted by atomic mass is 32.2. The Morgan fingerprint density at radius 1 is 1.70 bits per heavy atom. The van der Waals surface area contributed by atoms with Crippen molar-refractivity contribution in [2.45, 2.75) is 0 Å². The van der Waals surface area contributed by atoms with Crippen molar-refractivity contribution in [2.24, 2.45) is 4.99 Å². The fourth-order valence-corrected chi connectivity index (χ4v) is 1.31. The number of aliphatic imine (C=N–C) groups is 1. The number of hydrogen-bond acceptors (Lipinski definition) is 2. The maximum atomic E-state index is 4.10. The van der Waals surface area contributed by atoms with E-state index in [1.54, 1.807) is 18.8 Å². The topological polar surface area (TPSA) is 28.1 Å². The van der Waals surface area contributed by atoms with E-state index < -0.39 is 0 Å². The Balaban J connectivity index is 2.85. The summed E-state index contributed by atoms with van der Waals surface area (Å²) in [7, 11) is 1.80. The van der Waals surface area contributed by atoms with Crippen LogP contribution in [0.5, 0.6) is 0 Å². The third-order valence-corrected chi connectivity index (χ3v) is 2.01. The van der Waals surface area contributed by atoms with E-state index in [9.17, 15) is 0 Å². The third-order valence-electron chi connectivity index (χ3n) is 1.22. The van der Waals surface area contributed by atoms with Crippen LogP contribution in [0.2, 0.25) is 0 Å². The highest BCUT2D eigenvalue weighted by molar-refractivity contribution is 8.13. The first-order valence-corrected chi connectivity index (χ1v) is 4.25. The van der Waals surface area contributed by atoms with E-state index in [1.165, 1.54) is 0 Å². The molecule has 0 aliphatic carbocycles. The van der Waals surface area contributed by atoms with Crippen LogP contribution in [0.1, 0.15) is 5.69 Å². The maximum Gasteiger partial charge on any atom is 0.113 e. The Morgan fingerprint density at radius 3 is 2.90 bits per heavy atom. The zero-order valence-corrected chi connectivity index (χ0v) is 6.90. The minimum Gasteiger partial charge on any atom is -0.360 e. The van der Waals surface area contributed by atoms with Gasteiger partial charge in [0, 0.05) is 13.2 Å². The van der Waals surface area contributed by atoms with E-state index in [2.05, 4.69) is 9.98 Å². The molecule has 0 aliphatic heterocycles. The van der Waals surface area contributed by atoms with Crippen molar-refractivity contribution in [3.63, 3.8) is 0 Å². The van der Waals surface area contributed by atoms with Crippen LogP contribution in [0.3, 0.4) is 0 Å². The molecule has 3 heteroatoms. The number of hydrogen-bond donors (Lipinski definition) is 1. The molecule has 1 aromatic heterocycles. The highest BCUT2D eigenvalue weighted by Crippen LogP contribution is 2.07. The molecule has 0 amide bonds. The van der Waals surface area contributed by atoms with E-state index in [-0.39, 0.29) is 0 Å². The minimum absolute atomic E-state index is 1.05. The summed E-state index contributed by atoms with van der Waals surface area (Å²) in [6, 6.07) is 3.98. The molecule has 1 rings (SSSR count). The SMILES string of the molecule is CN=C(SC)c1ccc[nH]1. The third kappa shape index (κ3) is 1.42. The van der Waals surface area contributed by atoms with Crippen molar-refractivity contribution >= 4 is 16.8 Å². The van der Waals surface area contributed by atoms with Gasteiger partial charge in [0.2, 0.25) is 0 Å². The predicted molar refractivity (Wildman–Crippen MR) is 46.8 cm³/mol. The molecule has 0 fully saturated rings. The molecule has 0 unspecified atom stereocenters. The lowest BCUT2D eigenvalue weighted by Gasteiger charge is -1.95. The Bertz CT molecular complexity index is 214. The summed E-state index contributed by atoms with van der Waals surface area (Å²) in [6.45, 7) is 0. The molecule has 2 nitrogen and oxygen atoms in total. The summed E-state index contributed by atoms with van der Waals surface area (Å²) < 4.78 is 0. The van der Waals surface area contributed by atoms with E-state index in [4.69, 9.17) is 0 Å². The molecule has 0 aromatic carbocycles. The summed E-state index contributed by atoms with van der Waals surface area (Å²) in [5.41, 5.74) is 1.09. The molecule has 0 spiro atoms. The fraction of sp³-hybridized carbons (Fsp3) is 0.286. The van der Waals surface area contributed by atoms with Crippen molar-refractivity contribution in [3.05, 3.63) is 24.0 Å². The molecular weight excluding hydrogens is 144 g/mol. The van der Waals surface area contributed by atoms with Crippen LogP contribution in [-0.2, 0) is 0 Å². The van der Waals surface area contributed by atoms with Crippen LogP contribution in [0.4, 0.5) is 0 Å². The lowest BCUT2D eigenvalue weighted by molar-refractivity contribution is 1.36. The summed E-state index contributed by atoms with van der Waals surface area (Å²) >= 11 is 1.65. The number of aromatic amines is 1. The standard InChI is InChI=1S/C7H10N2S/c1-8-7(10-2)6-4-3-5-9-6/h3-5,9H,1-2H3. The van der Waals surface area contributed by atoms with Crippen LogP contribution in [0, 0.1) is 0 Å². The second-order valence-electron chi connectivity index (χ2n) is 1.82. The van der Waals surface area contributed by atoms with Crippen LogP contribution in [-0.4, -0.2) is 23.3 Å². The lowest BCUT2D eigenvalue weighted by atomic mass is 10.5. The molecule has 1 aromatic rings. The van der Waals surface area contributed by atoms with Gasteiger partial charge in [-0.15, -0.1) is 11.8 Å². The zero-order chi connectivity index (χ0) is 7.40. The molecule has 1 N–H and O–H groups in total. The van der Waals surface area contributed by atoms with Crippen LogP contribution in [0.15, 0.2) is 23.3 Å². The number of nitrogens with zero attached hydrogens (tertiary/aromatic N) is 1. The van der Waals surface area contributed by atoms with E-state index in [0.29, 0.717) is 0 Å². The van der Waals surface area contributed by atoms with Gasteiger partial charge in [-0.05, 0) is 18.4 Å². The predicted octanol–water partition coefficient (Wildman–Crippen LogP) is 1.75. The van der Waals surface area contributed by atoms with E-state index in [0.717, 1.165) is 10.7 Å². The molecule has 0 atom stereocenters. The number of rotatable bonds is 1. The Morgan fingerprint density at radius 2 is 2.50 bits per heavy atom. The lowest BCUT2D eigenvalue weighted by Crippen LogP contribution is -1.93. The monoisotopic (exact) mass is 154 g/mol. The summed E-state index contributed by atoms with van der Waals surface area (Å²) in [4.78, 5) is 7.18. The summed E-state index contributed by atoms with van der Waals surface area (Å²) in [6.07, 6.45) is 3.92. The van der Waals surface area contributed by atoms with Gasteiger partial charge in [-0.3, -0.25) is 4.99 Å². The Hall–Kier alpha value is -0.700. The smallest absolute Gasteiger partial charge is 0.113 e. The van der Waals surface area contributed by atoms with Crippen LogP contribution >= 0.6 is 11.8 Å². The second-order valence-corrected chi connectivity index (χ2v) is 2.61. The van der Waals surface area contributed by atoms with Crippen molar-refractivity contribution in [1.82, 2.24) is 4.98 Å². The summed E-state index contributed by atoms with van der Waals surface area (Å²) in [5, 5.41) is 1.05. The molecule has 1 heterocycles.